The van der Waals surface area contributed by atoms with Gasteiger partial charge in [-0.15, -0.1) is 0 Å². The van der Waals surface area contributed by atoms with Gasteiger partial charge in [-0.3, -0.25) is 5.43 Å². The maximum atomic E-state index is 13.6. The number of hydrogen-bond acceptors (Lipinski definition) is 5. The van der Waals surface area contributed by atoms with Crippen molar-refractivity contribution >= 4 is 34.1 Å². The summed E-state index contributed by atoms with van der Waals surface area (Å²) in [5.74, 6) is -1.08. The Labute approximate surface area is 134 Å². The maximum absolute atomic E-state index is 13.6. The standard InChI is InChI=1S/C17H10F2N4O/c18-12-5-3-6-13(19)11(12)8-22-23-17-16-15(20-9-21-17)10-4-1-2-7-14(10)24-16/h1-9H,(H,20,21,23)/b22-8-. The molecule has 2 aromatic carbocycles. The summed E-state index contributed by atoms with van der Waals surface area (Å²) in [6.07, 6.45) is 2.42. The molecule has 24 heavy (non-hydrogen) atoms. The predicted molar refractivity (Wildman–Crippen MR) is 86.9 cm³/mol. The molecule has 0 bridgehead atoms. The van der Waals surface area contributed by atoms with E-state index in [2.05, 4.69) is 20.5 Å². The highest BCUT2D eigenvalue weighted by Crippen LogP contribution is 2.30. The van der Waals surface area contributed by atoms with Crippen LogP contribution < -0.4 is 5.43 Å². The second kappa shape index (κ2) is 5.69. The van der Waals surface area contributed by atoms with Crippen molar-refractivity contribution in [3.05, 3.63) is 66.0 Å². The number of fused-ring (bicyclic) bond motifs is 3. The minimum Gasteiger partial charge on any atom is -0.450 e. The van der Waals surface area contributed by atoms with E-state index in [-0.39, 0.29) is 5.56 Å². The lowest BCUT2D eigenvalue weighted by Gasteiger charge is -2.00. The molecule has 5 nitrogen and oxygen atoms in total. The van der Waals surface area contributed by atoms with Gasteiger partial charge in [-0.05, 0) is 24.3 Å². The molecule has 118 valence electrons. The van der Waals surface area contributed by atoms with Crippen molar-refractivity contribution < 1.29 is 13.2 Å². The summed E-state index contributed by atoms with van der Waals surface area (Å²) in [6, 6.07) is 11.0. The third kappa shape index (κ3) is 2.36. The van der Waals surface area contributed by atoms with Crippen LogP contribution in [0.25, 0.3) is 22.1 Å². The lowest BCUT2D eigenvalue weighted by Crippen LogP contribution is -1.98. The van der Waals surface area contributed by atoms with Gasteiger partial charge in [0.15, 0.2) is 11.4 Å². The third-order valence-corrected chi connectivity index (χ3v) is 3.52. The number of halogens is 2. The van der Waals surface area contributed by atoms with E-state index >= 15 is 0 Å². The molecule has 1 N–H and O–H groups in total. The summed E-state index contributed by atoms with van der Waals surface area (Å²) in [4.78, 5) is 8.27. The van der Waals surface area contributed by atoms with E-state index in [0.717, 1.165) is 23.7 Å². The Bertz CT molecular complexity index is 1050. The number of rotatable bonds is 3. The number of aromatic nitrogens is 2. The van der Waals surface area contributed by atoms with Crippen LogP contribution in [-0.2, 0) is 0 Å². The van der Waals surface area contributed by atoms with Crippen molar-refractivity contribution in [1.82, 2.24) is 9.97 Å². The Morgan fingerprint density at radius 3 is 2.62 bits per heavy atom. The summed E-state index contributed by atoms with van der Waals surface area (Å²) >= 11 is 0. The van der Waals surface area contributed by atoms with Crippen LogP contribution in [0.4, 0.5) is 14.6 Å². The normalized spacial score (nSPS) is 11.6. The van der Waals surface area contributed by atoms with Gasteiger partial charge in [0.25, 0.3) is 0 Å². The average molecular weight is 324 g/mol. The van der Waals surface area contributed by atoms with Crippen LogP contribution in [-0.4, -0.2) is 16.2 Å². The van der Waals surface area contributed by atoms with Crippen LogP contribution in [0.2, 0.25) is 0 Å². The topological polar surface area (TPSA) is 63.3 Å². The van der Waals surface area contributed by atoms with Gasteiger partial charge in [0.1, 0.15) is 29.1 Å². The molecule has 0 radical (unpaired) electrons. The minimum absolute atomic E-state index is 0.236. The number of nitrogens with one attached hydrogen (secondary N) is 1. The van der Waals surface area contributed by atoms with Gasteiger partial charge in [-0.25, -0.2) is 18.7 Å². The van der Waals surface area contributed by atoms with Crippen LogP contribution in [0.5, 0.6) is 0 Å². The molecule has 0 unspecified atom stereocenters. The lowest BCUT2D eigenvalue weighted by molar-refractivity contribution is 0.580. The van der Waals surface area contributed by atoms with Gasteiger partial charge >= 0.3 is 0 Å². The highest BCUT2D eigenvalue weighted by atomic mass is 19.1. The van der Waals surface area contributed by atoms with Gasteiger partial charge < -0.3 is 4.42 Å². The van der Waals surface area contributed by atoms with Gasteiger partial charge in [0.05, 0.1) is 11.8 Å². The molecular formula is C17H10F2N4O. The Morgan fingerprint density at radius 1 is 1.00 bits per heavy atom. The zero-order valence-corrected chi connectivity index (χ0v) is 12.2. The Hall–Kier alpha value is -3.35. The van der Waals surface area contributed by atoms with Crippen LogP contribution in [0.15, 0.2) is 58.3 Å². The molecule has 0 aliphatic carbocycles. The molecule has 0 aliphatic rings. The Kier molecular flexibility index (Phi) is 3.38. The van der Waals surface area contributed by atoms with Crippen molar-refractivity contribution in [3.63, 3.8) is 0 Å². The maximum Gasteiger partial charge on any atom is 0.197 e. The number of hydrazone groups is 1. The molecule has 2 heterocycles. The first kappa shape index (κ1) is 14.3. The molecule has 0 saturated heterocycles. The highest BCUT2D eigenvalue weighted by Gasteiger charge is 2.12. The smallest absolute Gasteiger partial charge is 0.197 e. The minimum atomic E-state index is -0.697. The first-order chi connectivity index (χ1) is 11.7. The molecule has 0 atom stereocenters. The summed E-state index contributed by atoms with van der Waals surface area (Å²) in [7, 11) is 0. The first-order valence-corrected chi connectivity index (χ1v) is 7.09. The molecule has 2 aromatic heterocycles. The first-order valence-electron chi connectivity index (χ1n) is 7.09. The van der Waals surface area contributed by atoms with E-state index in [1.54, 1.807) is 0 Å². The quantitative estimate of drug-likeness (QED) is 0.455. The molecule has 0 saturated carbocycles. The van der Waals surface area contributed by atoms with E-state index in [4.69, 9.17) is 4.42 Å². The number of furan rings is 1. The average Bonchev–Trinajstić information content (AvgIpc) is 2.97. The highest BCUT2D eigenvalue weighted by molar-refractivity contribution is 6.05. The van der Waals surface area contributed by atoms with Crippen LogP contribution in [0.3, 0.4) is 0 Å². The van der Waals surface area contributed by atoms with Crippen molar-refractivity contribution in [3.8, 4) is 0 Å². The molecule has 7 heteroatoms. The van der Waals surface area contributed by atoms with Gasteiger partial charge in [-0.2, -0.15) is 5.10 Å². The van der Waals surface area contributed by atoms with Crippen LogP contribution >= 0.6 is 0 Å². The van der Waals surface area contributed by atoms with Gasteiger partial charge in [0, 0.05) is 5.39 Å². The number of benzene rings is 2. The fraction of sp³-hybridized carbons (Fsp3) is 0. The Morgan fingerprint density at radius 2 is 1.79 bits per heavy atom. The number of hydrogen-bond donors (Lipinski definition) is 1. The summed E-state index contributed by atoms with van der Waals surface area (Å²) in [6.45, 7) is 0. The molecule has 0 spiro atoms. The SMILES string of the molecule is Fc1cccc(F)c1/C=N\Nc1ncnc2c1oc1ccccc12. The summed E-state index contributed by atoms with van der Waals surface area (Å²) < 4.78 is 32.9. The van der Waals surface area contributed by atoms with Crippen molar-refractivity contribution in [2.75, 3.05) is 5.43 Å². The summed E-state index contributed by atoms with van der Waals surface area (Å²) in [5, 5.41) is 4.70. The predicted octanol–water partition coefficient (Wildman–Crippen LogP) is 4.10. The van der Waals surface area contributed by atoms with E-state index in [9.17, 15) is 8.78 Å². The number of nitrogens with zero attached hydrogens (tertiary/aromatic N) is 3. The van der Waals surface area contributed by atoms with Crippen LogP contribution in [0.1, 0.15) is 5.56 Å². The van der Waals surface area contributed by atoms with Crippen molar-refractivity contribution in [2.45, 2.75) is 0 Å². The molecule has 0 fully saturated rings. The van der Waals surface area contributed by atoms with E-state index in [1.807, 2.05) is 24.3 Å². The zero-order valence-electron chi connectivity index (χ0n) is 12.2. The summed E-state index contributed by atoms with van der Waals surface area (Å²) in [5.41, 5.74) is 4.13. The van der Waals surface area contributed by atoms with E-state index in [1.165, 1.54) is 12.4 Å². The van der Waals surface area contributed by atoms with Crippen molar-refractivity contribution in [2.24, 2.45) is 5.10 Å². The Balaban J connectivity index is 1.71. The largest absolute Gasteiger partial charge is 0.450 e. The van der Waals surface area contributed by atoms with Crippen LogP contribution in [0, 0.1) is 11.6 Å². The number of para-hydroxylation sites is 1. The molecule has 4 aromatic rings. The second-order valence-corrected chi connectivity index (χ2v) is 5.00. The third-order valence-electron chi connectivity index (χ3n) is 3.52. The van der Waals surface area contributed by atoms with Gasteiger partial charge in [0.2, 0.25) is 0 Å². The zero-order chi connectivity index (χ0) is 16.5. The van der Waals surface area contributed by atoms with E-state index in [0.29, 0.717) is 22.5 Å². The van der Waals surface area contributed by atoms with Gasteiger partial charge in [-0.1, -0.05) is 18.2 Å². The molecule has 0 amide bonds. The fourth-order valence-electron chi connectivity index (χ4n) is 2.40. The number of anilines is 1. The molecular weight excluding hydrogens is 314 g/mol. The fourth-order valence-corrected chi connectivity index (χ4v) is 2.40. The van der Waals surface area contributed by atoms with Crippen molar-refractivity contribution in [1.29, 1.82) is 0 Å². The second-order valence-electron chi connectivity index (χ2n) is 5.00. The molecule has 4 rings (SSSR count). The lowest BCUT2D eigenvalue weighted by atomic mass is 10.2. The molecule has 0 aliphatic heterocycles. The monoisotopic (exact) mass is 324 g/mol. The van der Waals surface area contributed by atoms with E-state index < -0.39 is 11.6 Å².